The lowest BCUT2D eigenvalue weighted by atomic mass is 9.99. The number of aromatic nitrogens is 2. The zero-order valence-corrected chi connectivity index (χ0v) is 11.2. The molecule has 0 spiro atoms. The second-order valence-electron chi connectivity index (χ2n) is 4.74. The van der Waals surface area contributed by atoms with Gasteiger partial charge in [-0.15, -0.1) is 0 Å². The first-order valence-corrected chi connectivity index (χ1v) is 6.69. The maximum atomic E-state index is 6.18. The molecule has 0 aliphatic carbocycles. The molecule has 1 fully saturated rings. The molecule has 1 saturated heterocycles. The highest BCUT2D eigenvalue weighted by Crippen LogP contribution is 2.34. The van der Waals surface area contributed by atoms with Crippen LogP contribution in [-0.2, 0) is 0 Å². The van der Waals surface area contributed by atoms with Gasteiger partial charge in [0.2, 0.25) is 0 Å². The highest BCUT2D eigenvalue weighted by atomic mass is 35.5. The van der Waals surface area contributed by atoms with Gasteiger partial charge in [0.25, 0.3) is 0 Å². The number of hydrogen-bond acceptors (Lipinski definition) is 4. The quantitative estimate of drug-likeness (QED) is 0.915. The van der Waals surface area contributed by atoms with Crippen LogP contribution in [0.3, 0.4) is 0 Å². The van der Waals surface area contributed by atoms with Crippen LogP contribution in [0.25, 0.3) is 0 Å². The third kappa shape index (κ3) is 2.36. The summed E-state index contributed by atoms with van der Waals surface area (Å²) in [6.45, 7) is 1.86. The van der Waals surface area contributed by atoms with Crippen molar-refractivity contribution in [1.82, 2.24) is 9.97 Å². The van der Waals surface area contributed by atoms with Crippen LogP contribution in [-0.4, -0.2) is 23.1 Å². The van der Waals surface area contributed by atoms with Gasteiger partial charge in [-0.2, -0.15) is 0 Å². The summed E-state index contributed by atoms with van der Waals surface area (Å²) in [5.41, 5.74) is 7.09. The van der Waals surface area contributed by atoms with E-state index in [9.17, 15) is 0 Å². The highest BCUT2D eigenvalue weighted by Gasteiger charge is 2.26. The van der Waals surface area contributed by atoms with E-state index in [1.807, 2.05) is 6.07 Å². The van der Waals surface area contributed by atoms with E-state index in [1.165, 1.54) is 11.9 Å². The van der Waals surface area contributed by atoms with Crippen molar-refractivity contribution in [1.29, 1.82) is 0 Å². The molecular weight excluding hydrogens is 260 g/mol. The molecule has 0 bridgehead atoms. The molecule has 1 unspecified atom stereocenters. The average Bonchev–Trinajstić information content (AvgIpc) is 2.92. The molecule has 19 heavy (non-hydrogen) atoms. The van der Waals surface area contributed by atoms with Crippen LogP contribution < -0.4 is 10.6 Å². The number of nitrogens with zero attached hydrogens (tertiary/aromatic N) is 3. The molecule has 1 aromatic carbocycles. The van der Waals surface area contributed by atoms with E-state index < -0.39 is 0 Å². The van der Waals surface area contributed by atoms with Crippen molar-refractivity contribution in [2.24, 2.45) is 0 Å². The highest BCUT2D eigenvalue weighted by molar-refractivity contribution is 6.35. The zero-order chi connectivity index (χ0) is 13.2. The van der Waals surface area contributed by atoms with Crippen molar-refractivity contribution >= 4 is 23.2 Å². The first-order valence-electron chi connectivity index (χ1n) is 6.31. The molecule has 98 valence electrons. The summed E-state index contributed by atoms with van der Waals surface area (Å²) >= 11 is 6.18. The van der Waals surface area contributed by atoms with E-state index >= 15 is 0 Å². The van der Waals surface area contributed by atoms with Crippen molar-refractivity contribution in [3.8, 4) is 0 Å². The Balaban J connectivity index is 1.81. The number of nitrogens with two attached hydrogens (primary N) is 1. The third-order valence-electron chi connectivity index (χ3n) is 3.56. The van der Waals surface area contributed by atoms with Crippen LogP contribution in [0.15, 0.2) is 36.7 Å². The Labute approximate surface area is 117 Å². The van der Waals surface area contributed by atoms with Crippen molar-refractivity contribution in [2.75, 3.05) is 23.7 Å². The largest absolute Gasteiger partial charge is 0.382 e. The fourth-order valence-electron chi connectivity index (χ4n) is 2.54. The minimum atomic E-state index is 0.342. The Morgan fingerprint density at radius 2 is 2.00 bits per heavy atom. The van der Waals surface area contributed by atoms with Gasteiger partial charge in [-0.1, -0.05) is 41.9 Å². The molecule has 0 amide bonds. The van der Waals surface area contributed by atoms with Crippen LogP contribution >= 0.6 is 11.6 Å². The second-order valence-corrected chi connectivity index (χ2v) is 5.12. The monoisotopic (exact) mass is 274 g/mol. The van der Waals surface area contributed by atoms with E-state index in [1.54, 1.807) is 0 Å². The van der Waals surface area contributed by atoms with Crippen molar-refractivity contribution in [3.05, 3.63) is 47.2 Å². The number of benzene rings is 1. The summed E-state index contributed by atoms with van der Waals surface area (Å²) < 4.78 is 0. The Kier molecular flexibility index (Phi) is 3.25. The van der Waals surface area contributed by atoms with Gasteiger partial charge < -0.3 is 10.6 Å². The van der Waals surface area contributed by atoms with Gasteiger partial charge in [-0.25, -0.2) is 9.97 Å². The van der Waals surface area contributed by atoms with Crippen LogP contribution in [0.1, 0.15) is 17.9 Å². The van der Waals surface area contributed by atoms with Crippen LogP contribution in [0.4, 0.5) is 11.6 Å². The second kappa shape index (κ2) is 5.05. The molecule has 1 aromatic heterocycles. The number of hydrogen-bond donors (Lipinski definition) is 1. The predicted molar refractivity (Wildman–Crippen MR) is 77.5 cm³/mol. The number of anilines is 2. The van der Waals surface area contributed by atoms with Crippen molar-refractivity contribution < 1.29 is 0 Å². The SMILES string of the molecule is Nc1ncnc(N2CCC(c3ccccc3)C2)c1Cl. The summed E-state index contributed by atoms with van der Waals surface area (Å²) in [5, 5.41) is 0.455. The van der Waals surface area contributed by atoms with E-state index in [4.69, 9.17) is 17.3 Å². The minimum Gasteiger partial charge on any atom is -0.382 e. The third-order valence-corrected chi connectivity index (χ3v) is 3.92. The fraction of sp³-hybridized carbons (Fsp3) is 0.286. The summed E-state index contributed by atoms with van der Waals surface area (Å²) in [5.74, 6) is 1.61. The van der Waals surface area contributed by atoms with Gasteiger partial charge in [-0.05, 0) is 12.0 Å². The van der Waals surface area contributed by atoms with Crippen LogP contribution in [0.5, 0.6) is 0 Å². The van der Waals surface area contributed by atoms with Crippen LogP contribution in [0.2, 0.25) is 5.02 Å². The van der Waals surface area contributed by atoms with Crippen LogP contribution in [0, 0.1) is 0 Å². The van der Waals surface area contributed by atoms with Gasteiger partial charge in [0.1, 0.15) is 17.2 Å². The molecule has 2 aromatic rings. The molecule has 2 N–H and O–H groups in total. The lowest BCUT2D eigenvalue weighted by molar-refractivity contribution is 0.774. The van der Waals surface area contributed by atoms with Gasteiger partial charge in [0.05, 0.1) is 0 Å². The normalized spacial score (nSPS) is 18.8. The standard InChI is InChI=1S/C14H15ClN4/c15-12-13(16)17-9-18-14(12)19-7-6-11(8-19)10-4-2-1-3-5-10/h1-5,9,11H,6-8H2,(H2,16,17,18). The maximum Gasteiger partial charge on any atom is 0.153 e. The predicted octanol–water partition coefficient (Wildman–Crippen LogP) is 2.71. The molecule has 2 heterocycles. The molecule has 0 saturated carbocycles. The molecule has 0 radical (unpaired) electrons. The van der Waals surface area contributed by atoms with E-state index in [0.29, 0.717) is 16.8 Å². The summed E-state index contributed by atoms with van der Waals surface area (Å²) in [6.07, 6.45) is 2.57. The van der Waals surface area contributed by atoms with E-state index in [2.05, 4.69) is 39.1 Å². The van der Waals surface area contributed by atoms with Gasteiger partial charge >= 0.3 is 0 Å². The summed E-state index contributed by atoms with van der Waals surface area (Å²) in [6, 6.07) is 10.5. The summed E-state index contributed by atoms with van der Waals surface area (Å²) in [4.78, 5) is 10.3. The molecule has 1 aliphatic rings. The number of rotatable bonds is 2. The molecule has 3 rings (SSSR count). The Hall–Kier alpha value is -1.81. The molecule has 1 atom stereocenters. The van der Waals surface area contributed by atoms with Gasteiger partial charge in [0.15, 0.2) is 5.82 Å². The van der Waals surface area contributed by atoms with Crippen molar-refractivity contribution in [3.63, 3.8) is 0 Å². The first kappa shape index (κ1) is 12.2. The zero-order valence-electron chi connectivity index (χ0n) is 10.5. The van der Waals surface area contributed by atoms with Crippen molar-refractivity contribution in [2.45, 2.75) is 12.3 Å². The lowest BCUT2D eigenvalue weighted by Gasteiger charge is -2.19. The van der Waals surface area contributed by atoms with E-state index in [-0.39, 0.29) is 0 Å². The molecule has 5 heteroatoms. The lowest BCUT2D eigenvalue weighted by Crippen LogP contribution is -2.21. The fourth-order valence-corrected chi connectivity index (χ4v) is 2.76. The Morgan fingerprint density at radius 3 is 2.79 bits per heavy atom. The van der Waals surface area contributed by atoms with Gasteiger partial charge in [0, 0.05) is 19.0 Å². The van der Waals surface area contributed by atoms with Gasteiger partial charge in [-0.3, -0.25) is 0 Å². The average molecular weight is 275 g/mol. The Morgan fingerprint density at radius 1 is 1.21 bits per heavy atom. The molecule has 4 nitrogen and oxygen atoms in total. The summed E-state index contributed by atoms with van der Waals surface area (Å²) in [7, 11) is 0. The maximum absolute atomic E-state index is 6.18. The number of halogens is 1. The number of nitrogen functional groups attached to an aromatic ring is 1. The molecule has 1 aliphatic heterocycles. The van der Waals surface area contributed by atoms with E-state index in [0.717, 1.165) is 25.3 Å². The molecular formula is C14H15ClN4. The Bertz CT molecular complexity index is 573. The minimum absolute atomic E-state index is 0.342. The smallest absolute Gasteiger partial charge is 0.153 e. The topological polar surface area (TPSA) is 55.0 Å². The first-order chi connectivity index (χ1) is 9.25.